The van der Waals surface area contributed by atoms with Crippen LogP contribution in [-0.4, -0.2) is 15.9 Å². The van der Waals surface area contributed by atoms with E-state index in [9.17, 15) is 9.59 Å². The molecular weight excluding hydrogens is 348 g/mol. The largest absolute Gasteiger partial charge is 0.382 e. The summed E-state index contributed by atoms with van der Waals surface area (Å²) in [5, 5.41) is 2.94. The van der Waals surface area contributed by atoms with Crippen LogP contribution in [0.2, 0.25) is 0 Å². The van der Waals surface area contributed by atoms with E-state index in [1.165, 1.54) is 11.8 Å². The highest BCUT2D eigenvalue weighted by Gasteiger charge is 2.14. The third-order valence-corrected chi connectivity index (χ3v) is 4.64. The lowest BCUT2D eigenvalue weighted by molar-refractivity contribution is 0.102. The second kappa shape index (κ2) is 7.88. The summed E-state index contributed by atoms with van der Waals surface area (Å²) in [5.74, 6) is 0.233. The van der Waals surface area contributed by atoms with Gasteiger partial charge in [-0.05, 0) is 24.6 Å². The van der Waals surface area contributed by atoms with E-state index in [-0.39, 0.29) is 11.5 Å². The SMILES string of the molecule is Cc1ccc(C(=O)Nc2c(N)nc(SCc3ccccc3)[nH]c2=O)cc1. The van der Waals surface area contributed by atoms with Gasteiger partial charge in [0, 0.05) is 11.3 Å². The number of aryl methyl sites for hydroxylation is 1. The minimum absolute atomic E-state index is 0.00947. The monoisotopic (exact) mass is 366 g/mol. The fourth-order valence-corrected chi connectivity index (χ4v) is 3.10. The lowest BCUT2D eigenvalue weighted by Crippen LogP contribution is -2.23. The molecule has 7 heteroatoms. The summed E-state index contributed by atoms with van der Waals surface area (Å²) in [4.78, 5) is 31.4. The van der Waals surface area contributed by atoms with Crippen LogP contribution >= 0.6 is 11.8 Å². The molecule has 0 saturated heterocycles. The van der Waals surface area contributed by atoms with E-state index in [1.807, 2.05) is 49.4 Å². The topological polar surface area (TPSA) is 101 Å². The van der Waals surface area contributed by atoms with Crippen molar-refractivity contribution in [2.45, 2.75) is 17.8 Å². The van der Waals surface area contributed by atoms with E-state index in [0.717, 1.165) is 11.1 Å². The summed E-state index contributed by atoms with van der Waals surface area (Å²) in [6, 6.07) is 16.8. The minimum Gasteiger partial charge on any atom is -0.382 e. The summed E-state index contributed by atoms with van der Waals surface area (Å²) in [5.41, 5.74) is 7.95. The second-order valence-corrected chi connectivity index (χ2v) is 6.69. The quantitative estimate of drug-likeness (QED) is 0.475. The molecule has 132 valence electrons. The molecular formula is C19H18N4O2S. The van der Waals surface area contributed by atoms with Gasteiger partial charge >= 0.3 is 0 Å². The molecule has 3 aromatic rings. The maximum Gasteiger partial charge on any atom is 0.277 e. The molecule has 1 amide bonds. The number of carbonyl (C=O) groups is 1. The van der Waals surface area contributed by atoms with Gasteiger partial charge in [-0.2, -0.15) is 0 Å². The Labute approximate surface area is 154 Å². The van der Waals surface area contributed by atoms with Crippen LogP contribution in [0.15, 0.2) is 64.5 Å². The highest BCUT2D eigenvalue weighted by atomic mass is 32.2. The Balaban J connectivity index is 1.73. The fraction of sp³-hybridized carbons (Fsp3) is 0.105. The number of H-pyrrole nitrogens is 1. The lowest BCUT2D eigenvalue weighted by Gasteiger charge is -2.09. The Morgan fingerprint density at radius 1 is 1.15 bits per heavy atom. The predicted molar refractivity (Wildman–Crippen MR) is 104 cm³/mol. The van der Waals surface area contributed by atoms with E-state index in [4.69, 9.17) is 5.73 Å². The van der Waals surface area contributed by atoms with Gasteiger partial charge < -0.3 is 11.1 Å². The molecule has 0 aliphatic carbocycles. The van der Waals surface area contributed by atoms with Gasteiger partial charge in [0.2, 0.25) is 0 Å². The van der Waals surface area contributed by atoms with Gasteiger partial charge in [-0.15, -0.1) is 0 Å². The van der Waals surface area contributed by atoms with Gasteiger partial charge in [-0.3, -0.25) is 14.6 Å². The van der Waals surface area contributed by atoms with Crippen molar-refractivity contribution >= 4 is 29.2 Å². The highest BCUT2D eigenvalue weighted by Crippen LogP contribution is 2.21. The second-order valence-electron chi connectivity index (χ2n) is 5.73. The zero-order chi connectivity index (χ0) is 18.5. The third kappa shape index (κ3) is 4.31. The van der Waals surface area contributed by atoms with E-state index in [0.29, 0.717) is 16.5 Å². The Hall–Kier alpha value is -3.06. The van der Waals surface area contributed by atoms with Gasteiger partial charge in [0.05, 0.1) is 0 Å². The number of nitrogens with two attached hydrogens (primary N) is 1. The molecule has 0 aliphatic heterocycles. The molecule has 0 radical (unpaired) electrons. The number of nitrogen functional groups attached to an aromatic ring is 1. The number of aromatic nitrogens is 2. The van der Waals surface area contributed by atoms with Gasteiger partial charge in [-0.1, -0.05) is 59.8 Å². The number of thioether (sulfide) groups is 1. The Bertz CT molecular complexity index is 969. The van der Waals surface area contributed by atoms with Crippen LogP contribution in [0, 0.1) is 6.92 Å². The number of amides is 1. The number of benzene rings is 2. The molecule has 0 fully saturated rings. The van der Waals surface area contributed by atoms with Crippen LogP contribution in [0.5, 0.6) is 0 Å². The van der Waals surface area contributed by atoms with E-state index in [2.05, 4.69) is 15.3 Å². The van der Waals surface area contributed by atoms with Gasteiger partial charge in [0.1, 0.15) is 5.69 Å². The van der Waals surface area contributed by atoms with E-state index in [1.54, 1.807) is 12.1 Å². The van der Waals surface area contributed by atoms with Crippen LogP contribution in [-0.2, 0) is 5.75 Å². The molecule has 26 heavy (non-hydrogen) atoms. The standard InChI is InChI=1S/C19H18N4O2S/c1-12-7-9-14(10-8-12)17(24)21-15-16(20)22-19(23-18(15)25)26-11-13-5-3-2-4-6-13/h2-10H,11H2,1H3,(H,21,24)(H3,20,22,23,25). The molecule has 2 aromatic carbocycles. The maximum absolute atomic E-state index is 12.3. The van der Waals surface area contributed by atoms with Crippen molar-refractivity contribution in [3.63, 3.8) is 0 Å². The molecule has 1 heterocycles. The average molecular weight is 366 g/mol. The normalized spacial score (nSPS) is 10.5. The van der Waals surface area contributed by atoms with Crippen molar-refractivity contribution in [3.05, 3.63) is 81.6 Å². The van der Waals surface area contributed by atoms with Gasteiger partial charge in [-0.25, -0.2) is 4.98 Å². The zero-order valence-corrected chi connectivity index (χ0v) is 15.0. The first-order valence-corrected chi connectivity index (χ1v) is 8.96. The molecule has 0 bridgehead atoms. The van der Waals surface area contributed by atoms with Crippen LogP contribution in [0.4, 0.5) is 11.5 Å². The van der Waals surface area contributed by atoms with Crippen LogP contribution in [0.3, 0.4) is 0 Å². The van der Waals surface area contributed by atoms with Gasteiger partial charge in [0.25, 0.3) is 11.5 Å². The first-order chi connectivity index (χ1) is 12.5. The van der Waals surface area contributed by atoms with Crippen molar-refractivity contribution in [2.24, 2.45) is 0 Å². The lowest BCUT2D eigenvalue weighted by atomic mass is 10.1. The van der Waals surface area contributed by atoms with E-state index < -0.39 is 11.5 Å². The Morgan fingerprint density at radius 2 is 1.85 bits per heavy atom. The smallest absolute Gasteiger partial charge is 0.277 e. The summed E-state index contributed by atoms with van der Waals surface area (Å²) < 4.78 is 0. The predicted octanol–water partition coefficient (Wildman–Crippen LogP) is 3.21. The number of nitrogens with one attached hydrogen (secondary N) is 2. The number of aromatic amines is 1. The average Bonchev–Trinajstić information content (AvgIpc) is 2.64. The number of rotatable bonds is 5. The highest BCUT2D eigenvalue weighted by molar-refractivity contribution is 7.98. The number of carbonyl (C=O) groups excluding carboxylic acids is 1. The zero-order valence-electron chi connectivity index (χ0n) is 14.2. The molecule has 0 atom stereocenters. The summed E-state index contributed by atoms with van der Waals surface area (Å²) in [7, 11) is 0. The van der Waals surface area contributed by atoms with Crippen molar-refractivity contribution < 1.29 is 4.79 Å². The summed E-state index contributed by atoms with van der Waals surface area (Å²) >= 11 is 1.37. The maximum atomic E-state index is 12.3. The molecule has 0 unspecified atom stereocenters. The van der Waals surface area contributed by atoms with Crippen molar-refractivity contribution in [3.8, 4) is 0 Å². The molecule has 0 aliphatic rings. The minimum atomic E-state index is -0.478. The molecule has 0 spiro atoms. The first kappa shape index (κ1) is 17.8. The molecule has 0 saturated carbocycles. The molecule has 3 rings (SSSR count). The Kier molecular flexibility index (Phi) is 5.38. The van der Waals surface area contributed by atoms with E-state index >= 15 is 0 Å². The van der Waals surface area contributed by atoms with Crippen LogP contribution in [0.1, 0.15) is 21.5 Å². The number of anilines is 2. The number of hydrogen-bond acceptors (Lipinski definition) is 5. The molecule has 4 N–H and O–H groups in total. The molecule has 1 aromatic heterocycles. The molecule has 6 nitrogen and oxygen atoms in total. The first-order valence-electron chi connectivity index (χ1n) is 7.97. The van der Waals surface area contributed by atoms with Crippen molar-refractivity contribution in [2.75, 3.05) is 11.1 Å². The van der Waals surface area contributed by atoms with Crippen LogP contribution < -0.4 is 16.6 Å². The van der Waals surface area contributed by atoms with Crippen molar-refractivity contribution in [1.29, 1.82) is 0 Å². The summed E-state index contributed by atoms with van der Waals surface area (Å²) in [6.45, 7) is 1.93. The number of hydrogen-bond donors (Lipinski definition) is 3. The Morgan fingerprint density at radius 3 is 2.50 bits per heavy atom. The summed E-state index contributed by atoms with van der Waals surface area (Å²) in [6.07, 6.45) is 0. The number of nitrogens with zero attached hydrogens (tertiary/aromatic N) is 1. The van der Waals surface area contributed by atoms with Crippen molar-refractivity contribution in [1.82, 2.24) is 9.97 Å². The van der Waals surface area contributed by atoms with Gasteiger partial charge in [0.15, 0.2) is 11.0 Å². The fourth-order valence-electron chi connectivity index (χ4n) is 2.27. The third-order valence-electron chi connectivity index (χ3n) is 3.70. The van der Waals surface area contributed by atoms with Crippen LogP contribution in [0.25, 0.3) is 0 Å².